The molecule has 2 N–H and O–H groups in total. The van der Waals surface area contributed by atoms with E-state index >= 15 is 0 Å². The summed E-state index contributed by atoms with van der Waals surface area (Å²) in [4.78, 5) is 36.6. The molecule has 1 aromatic rings. The van der Waals surface area contributed by atoms with Gasteiger partial charge in [0, 0.05) is 5.38 Å². The van der Waals surface area contributed by atoms with Gasteiger partial charge in [-0.3, -0.25) is 9.59 Å². The third kappa shape index (κ3) is 5.04. The maximum Gasteiger partial charge on any atom is 0.408 e. The van der Waals surface area contributed by atoms with Gasteiger partial charge in [0.1, 0.15) is 16.4 Å². The van der Waals surface area contributed by atoms with Crippen LogP contribution in [-0.2, 0) is 14.3 Å². The molecule has 1 atom stereocenters. The standard InChI is InChI=1S/C11H14N3O4S/c1-11(2,3)18-10(17)13-7(4-15)9-14-8(5-19-9)12-6-16/h5-7H,1-3H3,(H,12,16)(H,13,17). The van der Waals surface area contributed by atoms with Crippen molar-refractivity contribution in [3.05, 3.63) is 10.4 Å². The second-order valence-electron chi connectivity index (χ2n) is 4.53. The van der Waals surface area contributed by atoms with Crippen LogP contribution in [0.4, 0.5) is 10.6 Å². The normalized spacial score (nSPS) is 12.4. The smallest absolute Gasteiger partial charge is 0.408 e. The van der Waals surface area contributed by atoms with Gasteiger partial charge in [0.2, 0.25) is 12.7 Å². The van der Waals surface area contributed by atoms with E-state index in [9.17, 15) is 14.4 Å². The van der Waals surface area contributed by atoms with E-state index in [-0.39, 0.29) is 0 Å². The third-order valence-corrected chi connectivity index (χ3v) is 2.66. The summed E-state index contributed by atoms with van der Waals surface area (Å²) in [5.74, 6) is 0.307. The Bertz CT molecular complexity index is 467. The fourth-order valence-electron chi connectivity index (χ4n) is 1.11. The van der Waals surface area contributed by atoms with E-state index in [1.807, 2.05) is 0 Å². The highest BCUT2D eigenvalue weighted by Crippen LogP contribution is 2.20. The summed E-state index contributed by atoms with van der Waals surface area (Å²) in [7, 11) is 0. The molecule has 1 aromatic heterocycles. The van der Waals surface area contributed by atoms with Crippen molar-refractivity contribution in [2.45, 2.75) is 32.4 Å². The van der Waals surface area contributed by atoms with Crippen LogP contribution in [0.1, 0.15) is 31.8 Å². The molecule has 0 spiro atoms. The monoisotopic (exact) mass is 284 g/mol. The number of nitrogens with one attached hydrogen (secondary N) is 2. The summed E-state index contributed by atoms with van der Waals surface area (Å²) in [6.07, 6.45) is 1.40. The number of hydrogen-bond acceptors (Lipinski definition) is 6. The van der Waals surface area contributed by atoms with Crippen LogP contribution in [0.3, 0.4) is 0 Å². The lowest BCUT2D eigenvalue weighted by atomic mass is 10.2. The summed E-state index contributed by atoms with van der Waals surface area (Å²) >= 11 is 1.12. The van der Waals surface area contributed by atoms with Crippen LogP contribution in [0, 0.1) is 0 Å². The average molecular weight is 284 g/mol. The van der Waals surface area contributed by atoms with E-state index in [2.05, 4.69) is 15.6 Å². The quantitative estimate of drug-likeness (QED) is 0.796. The van der Waals surface area contributed by atoms with Crippen LogP contribution in [0.15, 0.2) is 5.38 Å². The molecule has 2 amide bonds. The van der Waals surface area contributed by atoms with Crippen LogP contribution in [-0.4, -0.2) is 29.4 Å². The lowest BCUT2D eigenvalue weighted by Gasteiger charge is -2.20. The summed E-state index contributed by atoms with van der Waals surface area (Å²) in [6.45, 7) is 5.13. The number of hydrogen-bond donors (Lipinski definition) is 2. The number of ether oxygens (including phenoxy) is 1. The molecule has 1 radical (unpaired) electrons. The number of nitrogens with zero attached hydrogens (tertiary/aromatic N) is 1. The van der Waals surface area contributed by atoms with Gasteiger partial charge in [-0.25, -0.2) is 9.78 Å². The number of carbonyl (C=O) groups excluding carboxylic acids is 3. The van der Waals surface area contributed by atoms with Crippen LogP contribution in [0.2, 0.25) is 0 Å². The second-order valence-corrected chi connectivity index (χ2v) is 5.42. The molecule has 1 unspecified atom stereocenters. The zero-order chi connectivity index (χ0) is 14.5. The van der Waals surface area contributed by atoms with Crippen molar-refractivity contribution >= 4 is 35.9 Å². The van der Waals surface area contributed by atoms with Gasteiger partial charge in [-0.1, -0.05) is 0 Å². The van der Waals surface area contributed by atoms with Crippen molar-refractivity contribution in [3.8, 4) is 0 Å². The summed E-state index contributed by atoms with van der Waals surface area (Å²) in [5, 5.41) is 6.54. The SMILES string of the molecule is CC(C)(C)OC(=O)NC([C]=O)c1nc(NC=O)cs1. The summed E-state index contributed by atoms with van der Waals surface area (Å²) in [5.41, 5.74) is -0.662. The van der Waals surface area contributed by atoms with Gasteiger partial charge >= 0.3 is 6.09 Å². The van der Waals surface area contributed by atoms with Gasteiger partial charge < -0.3 is 15.4 Å². The highest BCUT2D eigenvalue weighted by Gasteiger charge is 2.22. The number of aromatic nitrogens is 1. The van der Waals surface area contributed by atoms with Crippen LogP contribution >= 0.6 is 11.3 Å². The molecule has 19 heavy (non-hydrogen) atoms. The molecule has 7 nitrogen and oxygen atoms in total. The Balaban J connectivity index is 2.69. The summed E-state index contributed by atoms with van der Waals surface area (Å²) in [6, 6.07) is -1.03. The first-order valence-corrected chi connectivity index (χ1v) is 6.26. The maximum atomic E-state index is 11.5. The topological polar surface area (TPSA) is 97.4 Å². The van der Waals surface area contributed by atoms with Crippen LogP contribution in [0.25, 0.3) is 0 Å². The van der Waals surface area contributed by atoms with E-state index < -0.39 is 17.7 Å². The van der Waals surface area contributed by atoms with E-state index in [0.29, 0.717) is 17.2 Å². The lowest BCUT2D eigenvalue weighted by molar-refractivity contribution is -0.105. The third-order valence-electron chi connectivity index (χ3n) is 1.75. The number of rotatable bonds is 5. The first-order chi connectivity index (χ1) is 8.85. The minimum absolute atomic E-state index is 0.307. The predicted octanol–water partition coefficient (Wildman–Crippen LogP) is 1.39. The highest BCUT2D eigenvalue weighted by atomic mass is 32.1. The van der Waals surface area contributed by atoms with Gasteiger partial charge in [0.15, 0.2) is 6.04 Å². The molecule has 0 saturated carbocycles. The Kier molecular flexibility index (Phi) is 4.99. The minimum Gasteiger partial charge on any atom is -0.444 e. The molecule has 0 aliphatic rings. The van der Waals surface area contributed by atoms with E-state index in [0.717, 1.165) is 11.3 Å². The van der Waals surface area contributed by atoms with Gasteiger partial charge in [0.25, 0.3) is 0 Å². The molecular weight excluding hydrogens is 270 g/mol. The highest BCUT2D eigenvalue weighted by molar-refractivity contribution is 7.10. The zero-order valence-corrected chi connectivity index (χ0v) is 11.5. The van der Waals surface area contributed by atoms with E-state index in [4.69, 9.17) is 4.74 Å². The number of thiazole rings is 1. The van der Waals surface area contributed by atoms with Crippen molar-refractivity contribution in [2.24, 2.45) is 0 Å². The van der Waals surface area contributed by atoms with Crippen molar-refractivity contribution in [2.75, 3.05) is 5.32 Å². The number of anilines is 1. The lowest BCUT2D eigenvalue weighted by Crippen LogP contribution is -2.35. The van der Waals surface area contributed by atoms with Crippen molar-refractivity contribution in [1.29, 1.82) is 0 Å². The van der Waals surface area contributed by atoms with Gasteiger partial charge in [-0.05, 0) is 20.8 Å². The molecule has 1 rings (SSSR count). The molecule has 0 saturated heterocycles. The average Bonchev–Trinajstić information content (AvgIpc) is 2.72. The largest absolute Gasteiger partial charge is 0.444 e. The molecule has 8 heteroatoms. The van der Waals surface area contributed by atoms with Crippen molar-refractivity contribution in [3.63, 3.8) is 0 Å². The minimum atomic E-state index is -1.03. The molecule has 0 aliphatic heterocycles. The number of amides is 2. The maximum absolute atomic E-state index is 11.5. The number of carbonyl (C=O) groups is 2. The van der Waals surface area contributed by atoms with Gasteiger partial charge in [-0.2, -0.15) is 0 Å². The first kappa shape index (κ1) is 15.1. The Morgan fingerprint density at radius 1 is 1.58 bits per heavy atom. The molecular formula is C11H14N3O4S. The molecule has 0 bridgehead atoms. The van der Waals surface area contributed by atoms with E-state index in [1.54, 1.807) is 32.4 Å². The Labute approximate surface area is 114 Å². The zero-order valence-electron chi connectivity index (χ0n) is 10.7. The van der Waals surface area contributed by atoms with E-state index in [1.165, 1.54) is 0 Å². The Morgan fingerprint density at radius 2 is 2.26 bits per heavy atom. The van der Waals surface area contributed by atoms with Gasteiger partial charge in [0.05, 0.1) is 0 Å². The fraction of sp³-hybridized carbons (Fsp3) is 0.455. The molecule has 0 aliphatic carbocycles. The molecule has 103 valence electrons. The van der Waals surface area contributed by atoms with Crippen LogP contribution < -0.4 is 10.6 Å². The predicted molar refractivity (Wildman–Crippen MR) is 69.6 cm³/mol. The molecule has 0 aromatic carbocycles. The second kappa shape index (κ2) is 6.28. The summed E-state index contributed by atoms with van der Waals surface area (Å²) < 4.78 is 5.02. The van der Waals surface area contributed by atoms with Crippen molar-refractivity contribution in [1.82, 2.24) is 10.3 Å². The van der Waals surface area contributed by atoms with Crippen molar-refractivity contribution < 1.29 is 19.1 Å². The first-order valence-electron chi connectivity index (χ1n) is 5.38. The Hall–Kier alpha value is -1.96. The molecule has 1 heterocycles. The fourth-order valence-corrected chi connectivity index (χ4v) is 1.86. The van der Waals surface area contributed by atoms with Gasteiger partial charge in [-0.15, -0.1) is 11.3 Å². The van der Waals surface area contributed by atoms with Crippen LogP contribution in [0.5, 0.6) is 0 Å². The number of alkyl carbamates (subject to hydrolysis) is 1. The Morgan fingerprint density at radius 3 is 2.79 bits per heavy atom. The molecule has 0 fully saturated rings.